The number of carbonyl (C=O) groups is 1. The van der Waals surface area contributed by atoms with Crippen molar-refractivity contribution in [3.63, 3.8) is 0 Å². The van der Waals surface area contributed by atoms with Crippen LogP contribution in [0.3, 0.4) is 0 Å². The van der Waals surface area contributed by atoms with Gasteiger partial charge in [-0.25, -0.2) is 0 Å². The number of rotatable bonds is 10. The van der Waals surface area contributed by atoms with Crippen molar-refractivity contribution in [2.45, 2.75) is 31.7 Å². The molecule has 0 saturated carbocycles. The van der Waals surface area contributed by atoms with Crippen molar-refractivity contribution in [3.8, 4) is 11.5 Å². The zero-order valence-corrected chi connectivity index (χ0v) is 14.8. The first-order chi connectivity index (χ1) is 12.5. The van der Waals surface area contributed by atoms with Gasteiger partial charge in [0.2, 0.25) is 6.79 Å². The van der Waals surface area contributed by atoms with Crippen molar-refractivity contribution in [1.82, 2.24) is 5.32 Å². The third kappa shape index (κ3) is 5.82. The van der Waals surface area contributed by atoms with Crippen LogP contribution in [-0.2, 0) is 9.53 Å². The summed E-state index contributed by atoms with van der Waals surface area (Å²) in [5.41, 5.74) is 6.98. The van der Waals surface area contributed by atoms with E-state index in [4.69, 9.17) is 25.1 Å². The normalized spacial score (nSPS) is 15.4. The summed E-state index contributed by atoms with van der Waals surface area (Å²) in [4.78, 5) is 12.0. The van der Waals surface area contributed by atoms with Gasteiger partial charge in [-0.05, 0) is 43.0 Å². The van der Waals surface area contributed by atoms with E-state index in [1.165, 1.54) is 6.08 Å². The lowest BCUT2D eigenvalue weighted by Crippen LogP contribution is -2.26. The average Bonchev–Trinajstić information content (AvgIpc) is 3.07. The molecule has 8 heteroatoms. The van der Waals surface area contributed by atoms with Gasteiger partial charge in [0, 0.05) is 12.6 Å². The molecule has 5 N–H and O–H groups in total. The molecule has 0 spiro atoms. The van der Waals surface area contributed by atoms with Crippen molar-refractivity contribution in [3.05, 3.63) is 35.7 Å². The van der Waals surface area contributed by atoms with Crippen LogP contribution < -0.4 is 20.5 Å². The van der Waals surface area contributed by atoms with Crippen molar-refractivity contribution in [2.75, 3.05) is 26.6 Å². The zero-order valence-electron chi connectivity index (χ0n) is 14.8. The van der Waals surface area contributed by atoms with Crippen LogP contribution in [-0.4, -0.2) is 48.8 Å². The summed E-state index contributed by atoms with van der Waals surface area (Å²) in [6, 6.07) is 5.02. The Balaban J connectivity index is 2.11. The number of fused-ring (bicyclic) bond motifs is 1. The minimum atomic E-state index is -0.494. The van der Waals surface area contributed by atoms with Crippen molar-refractivity contribution < 1.29 is 29.2 Å². The largest absolute Gasteiger partial charge is 0.495 e. The first-order valence-corrected chi connectivity index (χ1v) is 8.59. The monoisotopic (exact) mass is 366 g/mol. The molecule has 8 nitrogen and oxygen atoms in total. The van der Waals surface area contributed by atoms with Crippen LogP contribution >= 0.6 is 0 Å². The van der Waals surface area contributed by atoms with Crippen LogP contribution in [0.5, 0.6) is 11.5 Å². The Kier molecular flexibility index (Phi) is 7.55. The summed E-state index contributed by atoms with van der Waals surface area (Å²) >= 11 is 0. The molecule has 1 aliphatic heterocycles. The maximum atomic E-state index is 12.0. The highest BCUT2D eigenvalue weighted by atomic mass is 16.7. The van der Waals surface area contributed by atoms with Gasteiger partial charge in [0.15, 0.2) is 17.4 Å². The molecule has 0 bridgehead atoms. The van der Waals surface area contributed by atoms with Crippen LogP contribution in [0.2, 0.25) is 0 Å². The smallest absolute Gasteiger partial charge is 0.306 e. The number of hydrogen-bond acceptors (Lipinski definition) is 8. The second-order valence-corrected chi connectivity index (χ2v) is 5.92. The Hall–Kier alpha value is -2.45. The number of benzene rings is 1. The minimum Gasteiger partial charge on any atom is -0.495 e. The molecule has 0 amide bonds. The lowest BCUT2D eigenvalue weighted by molar-refractivity contribution is -0.143. The van der Waals surface area contributed by atoms with Crippen LogP contribution in [0, 0.1) is 0 Å². The molecule has 0 aromatic heterocycles. The van der Waals surface area contributed by atoms with Crippen LogP contribution in [0.4, 0.5) is 0 Å². The SMILES string of the molecule is CCOC(=O)CC(CC(N)/C=C(/O)NCCO)c1ccc2c(c1)OCO2. The number of esters is 1. The second-order valence-electron chi connectivity index (χ2n) is 5.92. The fourth-order valence-corrected chi connectivity index (χ4v) is 2.77. The lowest BCUT2D eigenvalue weighted by Gasteiger charge is -2.20. The molecule has 0 fully saturated rings. The number of ether oxygens (including phenoxy) is 3. The molecular formula is C18H26N2O6. The van der Waals surface area contributed by atoms with Gasteiger partial charge < -0.3 is 35.5 Å². The Morgan fingerprint density at radius 2 is 2.19 bits per heavy atom. The van der Waals surface area contributed by atoms with Gasteiger partial charge in [0.1, 0.15) is 0 Å². The number of hydrogen-bond donors (Lipinski definition) is 4. The Bertz CT molecular complexity index is 634. The topological polar surface area (TPSA) is 123 Å². The van der Waals surface area contributed by atoms with E-state index in [2.05, 4.69) is 5.32 Å². The maximum Gasteiger partial charge on any atom is 0.306 e. The minimum absolute atomic E-state index is 0.101. The summed E-state index contributed by atoms with van der Waals surface area (Å²) in [6.45, 7) is 2.37. The van der Waals surface area contributed by atoms with Crippen molar-refractivity contribution in [2.24, 2.45) is 5.73 Å². The van der Waals surface area contributed by atoms with Gasteiger partial charge in [-0.15, -0.1) is 0 Å². The standard InChI is InChI=1S/C18H26N2O6/c1-2-24-18(23)9-13(7-14(19)10-17(22)20-5-6-21)12-3-4-15-16(8-12)26-11-25-15/h3-4,8,10,13-14,20-22H,2,5-7,9,11,19H2,1H3/b17-10+. The quantitative estimate of drug-likeness (QED) is 0.359. The highest BCUT2D eigenvalue weighted by molar-refractivity contribution is 5.70. The molecular weight excluding hydrogens is 340 g/mol. The van der Waals surface area contributed by atoms with Gasteiger partial charge in [0.05, 0.1) is 19.6 Å². The molecule has 2 unspecified atom stereocenters. The number of aliphatic hydroxyl groups is 2. The molecule has 0 radical (unpaired) electrons. The van der Waals surface area contributed by atoms with E-state index in [9.17, 15) is 9.90 Å². The van der Waals surface area contributed by atoms with E-state index in [-0.39, 0.29) is 44.1 Å². The second kappa shape index (κ2) is 9.88. The van der Waals surface area contributed by atoms with Crippen LogP contribution in [0.25, 0.3) is 0 Å². The fraction of sp³-hybridized carbons (Fsp3) is 0.500. The van der Waals surface area contributed by atoms with Crippen molar-refractivity contribution >= 4 is 5.97 Å². The third-order valence-corrected chi connectivity index (χ3v) is 3.93. The van der Waals surface area contributed by atoms with Gasteiger partial charge >= 0.3 is 5.97 Å². The molecule has 2 rings (SSSR count). The molecule has 144 valence electrons. The first-order valence-electron chi connectivity index (χ1n) is 8.59. The average molecular weight is 366 g/mol. The molecule has 26 heavy (non-hydrogen) atoms. The zero-order chi connectivity index (χ0) is 18.9. The highest BCUT2D eigenvalue weighted by Crippen LogP contribution is 2.36. The van der Waals surface area contributed by atoms with E-state index in [1.807, 2.05) is 12.1 Å². The van der Waals surface area contributed by atoms with Crippen LogP contribution in [0.1, 0.15) is 31.2 Å². The van der Waals surface area contributed by atoms with E-state index in [0.29, 0.717) is 24.5 Å². The Labute approximate surface area is 152 Å². The maximum absolute atomic E-state index is 12.0. The molecule has 1 heterocycles. The van der Waals surface area contributed by atoms with E-state index >= 15 is 0 Å². The molecule has 0 saturated heterocycles. The van der Waals surface area contributed by atoms with E-state index < -0.39 is 6.04 Å². The lowest BCUT2D eigenvalue weighted by atomic mass is 9.89. The summed E-state index contributed by atoms with van der Waals surface area (Å²) in [7, 11) is 0. The molecule has 2 atom stereocenters. The Morgan fingerprint density at radius 3 is 2.92 bits per heavy atom. The molecule has 1 aromatic carbocycles. The fourth-order valence-electron chi connectivity index (χ4n) is 2.77. The van der Waals surface area contributed by atoms with Crippen LogP contribution in [0.15, 0.2) is 30.2 Å². The number of aliphatic hydroxyl groups excluding tert-OH is 2. The van der Waals surface area contributed by atoms with Gasteiger partial charge in [-0.3, -0.25) is 4.79 Å². The summed E-state index contributed by atoms with van der Waals surface area (Å²) in [6.07, 6.45) is 2.05. The van der Waals surface area contributed by atoms with Gasteiger partial charge in [-0.2, -0.15) is 0 Å². The number of carbonyl (C=O) groups excluding carboxylic acids is 1. The summed E-state index contributed by atoms with van der Waals surface area (Å²) in [5, 5.41) is 21.2. The highest BCUT2D eigenvalue weighted by Gasteiger charge is 2.22. The first kappa shape index (κ1) is 19.9. The predicted molar refractivity (Wildman–Crippen MR) is 94.9 cm³/mol. The predicted octanol–water partition coefficient (Wildman–Crippen LogP) is 1.15. The summed E-state index contributed by atoms with van der Waals surface area (Å²) in [5.74, 6) is 0.674. The molecule has 1 aliphatic rings. The van der Waals surface area contributed by atoms with Gasteiger partial charge in [0.25, 0.3) is 0 Å². The molecule has 0 aliphatic carbocycles. The third-order valence-electron chi connectivity index (χ3n) is 3.93. The Morgan fingerprint density at radius 1 is 1.42 bits per heavy atom. The van der Waals surface area contributed by atoms with E-state index in [0.717, 1.165) is 5.56 Å². The number of nitrogens with one attached hydrogen (secondary N) is 1. The van der Waals surface area contributed by atoms with Crippen molar-refractivity contribution in [1.29, 1.82) is 0 Å². The summed E-state index contributed by atoms with van der Waals surface area (Å²) < 4.78 is 15.8. The molecule has 1 aromatic rings. The van der Waals surface area contributed by atoms with E-state index in [1.54, 1.807) is 13.0 Å². The number of nitrogens with two attached hydrogens (primary N) is 1. The van der Waals surface area contributed by atoms with Gasteiger partial charge in [-0.1, -0.05) is 6.07 Å².